The van der Waals surface area contributed by atoms with Gasteiger partial charge in [0.25, 0.3) is 0 Å². The number of hydrogen-bond donors (Lipinski definition) is 1. The number of hydrogen-bond acceptors (Lipinski definition) is 2. The van der Waals surface area contributed by atoms with Gasteiger partial charge in [0.2, 0.25) is 0 Å². The Hall–Kier alpha value is -0.730. The van der Waals surface area contributed by atoms with Crippen molar-refractivity contribution in [2.75, 3.05) is 13.1 Å². The summed E-state index contributed by atoms with van der Waals surface area (Å²) in [4.78, 5) is 4.30. The molecule has 14 heavy (non-hydrogen) atoms. The largest absolute Gasteiger partial charge is 0.372 e. The molecule has 0 saturated carbocycles. The lowest BCUT2D eigenvalue weighted by Gasteiger charge is -2.06. The lowest BCUT2D eigenvalue weighted by molar-refractivity contribution is 0.953. The smallest absolute Gasteiger partial charge is 0.101 e. The number of nitrogens with zero attached hydrogens (tertiary/aromatic N) is 1. The molecule has 0 spiro atoms. The van der Waals surface area contributed by atoms with Gasteiger partial charge in [0.05, 0.1) is 6.54 Å². The number of rotatable bonds is 2. The van der Waals surface area contributed by atoms with E-state index in [0.29, 0.717) is 16.5 Å². The van der Waals surface area contributed by atoms with Crippen LogP contribution in [-0.2, 0) is 6.42 Å². The summed E-state index contributed by atoms with van der Waals surface area (Å²) >= 11 is 12.1. The molecule has 0 atom stereocenters. The van der Waals surface area contributed by atoms with Crippen LogP contribution in [0.25, 0.3) is 0 Å². The average molecular weight is 229 g/mol. The molecule has 1 aliphatic rings. The van der Waals surface area contributed by atoms with E-state index in [4.69, 9.17) is 23.2 Å². The van der Waals surface area contributed by atoms with E-state index in [1.165, 1.54) is 0 Å². The third kappa shape index (κ3) is 2.02. The zero-order chi connectivity index (χ0) is 9.97. The lowest BCUT2D eigenvalue weighted by Crippen LogP contribution is -2.20. The Labute approximate surface area is 92.9 Å². The van der Waals surface area contributed by atoms with E-state index >= 15 is 0 Å². The first-order valence-electron chi connectivity index (χ1n) is 4.47. The van der Waals surface area contributed by atoms with Gasteiger partial charge in [0.15, 0.2) is 0 Å². The molecule has 0 aliphatic carbocycles. The number of benzene rings is 1. The zero-order valence-corrected chi connectivity index (χ0v) is 9.07. The molecular weight excluding hydrogens is 219 g/mol. The number of amidine groups is 1. The predicted octanol–water partition coefficient (Wildman–Crippen LogP) is 2.54. The van der Waals surface area contributed by atoms with Crippen molar-refractivity contribution in [3.8, 4) is 0 Å². The van der Waals surface area contributed by atoms with Crippen LogP contribution in [0, 0.1) is 0 Å². The molecule has 0 aromatic heterocycles. The maximum Gasteiger partial charge on any atom is 0.101 e. The Morgan fingerprint density at radius 3 is 2.57 bits per heavy atom. The fourth-order valence-corrected chi connectivity index (χ4v) is 1.97. The van der Waals surface area contributed by atoms with Crippen molar-refractivity contribution in [1.82, 2.24) is 5.32 Å². The highest BCUT2D eigenvalue weighted by Gasteiger charge is 2.11. The summed E-state index contributed by atoms with van der Waals surface area (Å²) in [6, 6.07) is 5.54. The van der Waals surface area contributed by atoms with E-state index in [9.17, 15) is 0 Å². The van der Waals surface area contributed by atoms with E-state index in [-0.39, 0.29) is 0 Å². The first-order valence-corrected chi connectivity index (χ1v) is 5.23. The fraction of sp³-hybridized carbons (Fsp3) is 0.300. The van der Waals surface area contributed by atoms with E-state index in [2.05, 4.69) is 10.3 Å². The van der Waals surface area contributed by atoms with Crippen LogP contribution in [0.1, 0.15) is 5.56 Å². The standard InChI is InChI=1S/C10H10Cl2N2/c11-8-2-1-3-9(12)7(8)6-10-13-4-5-14-10/h1-3H,4-6H2,(H,13,14). The first-order chi connectivity index (χ1) is 6.77. The Morgan fingerprint density at radius 2 is 2.00 bits per heavy atom. The summed E-state index contributed by atoms with van der Waals surface area (Å²) in [5.41, 5.74) is 0.948. The van der Waals surface area contributed by atoms with Gasteiger partial charge in [-0.3, -0.25) is 4.99 Å². The molecule has 1 aromatic carbocycles. The molecule has 2 nitrogen and oxygen atoms in total. The van der Waals surface area contributed by atoms with Crippen LogP contribution in [-0.4, -0.2) is 18.9 Å². The Morgan fingerprint density at radius 1 is 1.29 bits per heavy atom. The topological polar surface area (TPSA) is 24.4 Å². The van der Waals surface area contributed by atoms with Crippen molar-refractivity contribution in [3.63, 3.8) is 0 Å². The van der Waals surface area contributed by atoms with Gasteiger partial charge in [-0.25, -0.2) is 0 Å². The summed E-state index contributed by atoms with van der Waals surface area (Å²) in [5, 5.41) is 4.60. The van der Waals surface area contributed by atoms with E-state index in [0.717, 1.165) is 24.5 Å². The maximum absolute atomic E-state index is 6.04. The molecule has 2 rings (SSSR count). The van der Waals surface area contributed by atoms with Crippen molar-refractivity contribution >= 4 is 29.0 Å². The van der Waals surface area contributed by atoms with Crippen LogP contribution in [0.5, 0.6) is 0 Å². The summed E-state index contributed by atoms with van der Waals surface area (Å²) in [5.74, 6) is 0.972. The highest BCUT2D eigenvalue weighted by molar-refractivity contribution is 6.36. The van der Waals surface area contributed by atoms with Crippen molar-refractivity contribution in [3.05, 3.63) is 33.8 Å². The summed E-state index contributed by atoms with van der Waals surface area (Å²) in [6.45, 7) is 1.76. The number of aliphatic imine (C=N–C) groups is 1. The summed E-state index contributed by atoms with van der Waals surface area (Å²) < 4.78 is 0. The Bertz CT molecular complexity index is 354. The quantitative estimate of drug-likeness (QED) is 0.827. The van der Waals surface area contributed by atoms with Crippen molar-refractivity contribution in [2.24, 2.45) is 4.99 Å². The third-order valence-electron chi connectivity index (χ3n) is 2.15. The molecule has 0 saturated heterocycles. The van der Waals surface area contributed by atoms with Gasteiger partial charge in [-0.1, -0.05) is 29.3 Å². The summed E-state index contributed by atoms with van der Waals surface area (Å²) in [7, 11) is 0. The van der Waals surface area contributed by atoms with Crippen LogP contribution in [0.4, 0.5) is 0 Å². The fourth-order valence-electron chi connectivity index (χ4n) is 1.43. The second kappa shape index (κ2) is 4.20. The van der Waals surface area contributed by atoms with Gasteiger partial charge in [-0.2, -0.15) is 0 Å². The van der Waals surface area contributed by atoms with Gasteiger partial charge >= 0.3 is 0 Å². The zero-order valence-electron chi connectivity index (χ0n) is 7.56. The van der Waals surface area contributed by atoms with Crippen molar-refractivity contribution in [1.29, 1.82) is 0 Å². The molecule has 0 fully saturated rings. The Kier molecular flexibility index (Phi) is 2.94. The average Bonchev–Trinajstić information content (AvgIpc) is 2.64. The molecule has 1 N–H and O–H groups in total. The second-order valence-corrected chi connectivity index (χ2v) is 3.95. The molecule has 0 radical (unpaired) electrons. The van der Waals surface area contributed by atoms with Gasteiger partial charge < -0.3 is 5.32 Å². The van der Waals surface area contributed by atoms with Gasteiger partial charge in [-0.15, -0.1) is 0 Å². The minimum atomic E-state index is 0.693. The third-order valence-corrected chi connectivity index (χ3v) is 2.86. The number of nitrogens with one attached hydrogen (secondary N) is 1. The lowest BCUT2D eigenvalue weighted by atomic mass is 10.1. The van der Waals surface area contributed by atoms with E-state index < -0.39 is 0 Å². The van der Waals surface area contributed by atoms with Crippen LogP contribution in [0.15, 0.2) is 23.2 Å². The molecular formula is C10H10Cl2N2. The molecule has 0 bridgehead atoms. The predicted molar refractivity (Wildman–Crippen MR) is 60.5 cm³/mol. The monoisotopic (exact) mass is 228 g/mol. The van der Waals surface area contributed by atoms with E-state index in [1.807, 2.05) is 18.2 Å². The highest BCUT2D eigenvalue weighted by Crippen LogP contribution is 2.24. The van der Waals surface area contributed by atoms with Crippen LogP contribution in [0.3, 0.4) is 0 Å². The minimum Gasteiger partial charge on any atom is -0.372 e. The molecule has 4 heteroatoms. The number of halogens is 2. The Balaban J connectivity index is 2.23. The van der Waals surface area contributed by atoms with Crippen molar-refractivity contribution in [2.45, 2.75) is 6.42 Å². The van der Waals surface area contributed by atoms with Crippen LogP contribution < -0.4 is 5.32 Å². The van der Waals surface area contributed by atoms with Gasteiger partial charge in [0, 0.05) is 23.0 Å². The highest BCUT2D eigenvalue weighted by atomic mass is 35.5. The van der Waals surface area contributed by atoms with Gasteiger partial charge in [0.1, 0.15) is 5.84 Å². The van der Waals surface area contributed by atoms with E-state index in [1.54, 1.807) is 0 Å². The maximum atomic E-state index is 6.04. The molecule has 1 aromatic rings. The molecule has 74 valence electrons. The SMILES string of the molecule is Clc1cccc(Cl)c1CC1=NCCN1. The molecule has 1 heterocycles. The van der Waals surface area contributed by atoms with Crippen LogP contribution >= 0.6 is 23.2 Å². The van der Waals surface area contributed by atoms with Crippen molar-refractivity contribution < 1.29 is 0 Å². The first kappa shape index (κ1) is 9.81. The van der Waals surface area contributed by atoms with Gasteiger partial charge in [-0.05, 0) is 17.7 Å². The molecule has 1 aliphatic heterocycles. The minimum absolute atomic E-state index is 0.693. The molecule has 0 amide bonds. The molecule has 0 unspecified atom stereocenters. The summed E-state index contributed by atoms with van der Waals surface area (Å²) in [6.07, 6.45) is 0.693. The van der Waals surface area contributed by atoms with Crippen LogP contribution in [0.2, 0.25) is 10.0 Å². The normalized spacial score (nSPS) is 15.1. The second-order valence-electron chi connectivity index (χ2n) is 3.13.